The molecule has 0 aliphatic carbocycles. The first-order chi connectivity index (χ1) is 9.63. The van der Waals surface area contributed by atoms with Crippen LogP contribution in [-0.4, -0.2) is 0 Å². The summed E-state index contributed by atoms with van der Waals surface area (Å²) in [7, 11) is 0. The summed E-state index contributed by atoms with van der Waals surface area (Å²) in [6.07, 6.45) is 0. The van der Waals surface area contributed by atoms with Crippen molar-refractivity contribution in [2.75, 3.05) is 5.32 Å². The number of nitriles is 2. The van der Waals surface area contributed by atoms with Gasteiger partial charge in [0, 0.05) is 12.2 Å². The molecule has 2 rings (SSSR count). The maximum Gasteiger partial charge on any atom is 0.142 e. The predicted molar refractivity (Wildman–Crippen MR) is 74.6 cm³/mol. The van der Waals surface area contributed by atoms with Crippen molar-refractivity contribution in [2.45, 2.75) is 6.54 Å². The van der Waals surface area contributed by atoms with Gasteiger partial charge in [-0.2, -0.15) is 10.5 Å². The molecular weight excluding hydrogens is 277 g/mol. The van der Waals surface area contributed by atoms with Gasteiger partial charge in [0.1, 0.15) is 18.0 Å². The van der Waals surface area contributed by atoms with E-state index >= 15 is 0 Å². The normalized spacial score (nSPS) is 9.60. The van der Waals surface area contributed by atoms with E-state index in [0.29, 0.717) is 23.4 Å². The van der Waals surface area contributed by atoms with Crippen LogP contribution >= 0.6 is 11.6 Å². The summed E-state index contributed by atoms with van der Waals surface area (Å²) < 4.78 is 13.3. The van der Waals surface area contributed by atoms with Crippen molar-refractivity contribution >= 4 is 17.3 Å². The van der Waals surface area contributed by atoms with Gasteiger partial charge in [0.2, 0.25) is 0 Å². The average Bonchev–Trinajstić information content (AvgIpc) is 2.48. The Balaban J connectivity index is 2.13. The van der Waals surface area contributed by atoms with E-state index in [-0.39, 0.29) is 5.02 Å². The fraction of sp³-hybridized carbons (Fsp3) is 0.0667. The van der Waals surface area contributed by atoms with Crippen molar-refractivity contribution < 1.29 is 4.39 Å². The van der Waals surface area contributed by atoms with Crippen LogP contribution in [0.25, 0.3) is 0 Å². The van der Waals surface area contributed by atoms with Crippen LogP contribution in [-0.2, 0) is 6.54 Å². The minimum atomic E-state index is -0.469. The van der Waals surface area contributed by atoms with E-state index in [4.69, 9.17) is 22.1 Å². The summed E-state index contributed by atoms with van der Waals surface area (Å²) in [5.74, 6) is -0.469. The molecule has 0 aromatic heterocycles. The first-order valence-corrected chi connectivity index (χ1v) is 6.14. The van der Waals surface area contributed by atoms with Crippen LogP contribution in [0.15, 0.2) is 36.4 Å². The van der Waals surface area contributed by atoms with Crippen LogP contribution in [0.5, 0.6) is 0 Å². The highest BCUT2D eigenvalue weighted by molar-refractivity contribution is 6.30. The number of nitrogens with zero attached hydrogens (tertiary/aromatic N) is 2. The van der Waals surface area contributed by atoms with Crippen molar-refractivity contribution in [2.24, 2.45) is 0 Å². The zero-order valence-electron chi connectivity index (χ0n) is 10.3. The fourth-order valence-corrected chi connectivity index (χ4v) is 1.82. The van der Waals surface area contributed by atoms with E-state index < -0.39 is 5.82 Å². The van der Waals surface area contributed by atoms with E-state index in [1.165, 1.54) is 12.1 Å². The summed E-state index contributed by atoms with van der Waals surface area (Å²) in [5, 5.41) is 20.9. The van der Waals surface area contributed by atoms with Gasteiger partial charge in [-0.3, -0.25) is 0 Å². The van der Waals surface area contributed by atoms with Crippen LogP contribution in [0.1, 0.15) is 16.7 Å². The molecule has 98 valence electrons. The Morgan fingerprint density at radius 3 is 2.45 bits per heavy atom. The van der Waals surface area contributed by atoms with E-state index in [9.17, 15) is 4.39 Å². The molecule has 1 N–H and O–H groups in total. The Morgan fingerprint density at radius 1 is 1.05 bits per heavy atom. The summed E-state index contributed by atoms with van der Waals surface area (Å²) in [6, 6.07) is 13.3. The standard InChI is InChI=1S/C15H9ClFN3/c16-14-4-1-10(5-15(14)17)9-20-13-3-2-11(7-18)12(6-13)8-19/h1-6,20H,9H2. The molecule has 3 nitrogen and oxygen atoms in total. The van der Waals surface area contributed by atoms with Crippen LogP contribution in [0.3, 0.4) is 0 Å². The number of anilines is 1. The SMILES string of the molecule is N#Cc1ccc(NCc2ccc(Cl)c(F)c2)cc1C#N. The van der Waals surface area contributed by atoms with Gasteiger partial charge in [-0.25, -0.2) is 4.39 Å². The van der Waals surface area contributed by atoms with E-state index in [1.807, 2.05) is 12.1 Å². The van der Waals surface area contributed by atoms with E-state index in [1.54, 1.807) is 24.3 Å². The second-order valence-corrected chi connectivity index (χ2v) is 4.49. The van der Waals surface area contributed by atoms with Gasteiger partial charge >= 0.3 is 0 Å². The Hall–Kier alpha value is -2.56. The van der Waals surface area contributed by atoms with Gasteiger partial charge in [0.15, 0.2) is 0 Å². The first-order valence-electron chi connectivity index (χ1n) is 5.76. The van der Waals surface area contributed by atoms with Gasteiger partial charge in [0.05, 0.1) is 16.1 Å². The number of hydrogen-bond acceptors (Lipinski definition) is 3. The van der Waals surface area contributed by atoms with Gasteiger partial charge in [0.25, 0.3) is 0 Å². The highest BCUT2D eigenvalue weighted by atomic mass is 35.5. The third kappa shape index (κ3) is 3.06. The second kappa shape index (κ2) is 6.06. The molecule has 0 amide bonds. The van der Waals surface area contributed by atoms with Crippen molar-refractivity contribution in [1.29, 1.82) is 10.5 Å². The lowest BCUT2D eigenvalue weighted by Crippen LogP contribution is -2.00. The summed E-state index contributed by atoms with van der Waals surface area (Å²) in [4.78, 5) is 0. The van der Waals surface area contributed by atoms with Crippen LogP contribution in [0, 0.1) is 28.5 Å². The molecule has 0 aliphatic heterocycles. The molecule has 0 fully saturated rings. The highest BCUT2D eigenvalue weighted by Crippen LogP contribution is 2.18. The maximum absolute atomic E-state index is 13.3. The molecule has 0 radical (unpaired) electrons. The second-order valence-electron chi connectivity index (χ2n) is 4.09. The Bertz CT molecular complexity index is 729. The monoisotopic (exact) mass is 285 g/mol. The molecule has 0 saturated heterocycles. The van der Waals surface area contributed by atoms with Crippen LogP contribution < -0.4 is 5.32 Å². The number of benzene rings is 2. The zero-order chi connectivity index (χ0) is 14.5. The molecule has 0 aliphatic rings. The molecule has 2 aromatic rings. The van der Waals surface area contributed by atoms with Crippen molar-refractivity contribution in [1.82, 2.24) is 0 Å². The molecule has 5 heteroatoms. The molecular formula is C15H9ClFN3. The predicted octanol–water partition coefficient (Wildman–Crippen LogP) is 3.83. The molecule has 0 atom stereocenters. The minimum Gasteiger partial charge on any atom is -0.381 e. The lowest BCUT2D eigenvalue weighted by Gasteiger charge is -2.08. The van der Waals surface area contributed by atoms with Gasteiger partial charge < -0.3 is 5.32 Å². The van der Waals surface area contributed by atoms with Crippen molar-refractivity contribution in [3.8, 4) is 12.1 Å². The van der Waals surface area contributed by atoms with Gasteiger partial charge in [-0.1, -0.05) is 17.7 Å². The Morgan fingerprint density at radius 2 is 1.80 bits per heavy atom. The number of rotatable bonds is 3. The Labute approximate surface area is 120 Å². The third-order valence-electron chi connectivity index (χ3n) is 2.74. The molecule has 0 spiro atoms. The van der Waals surface area contributed by atoms with E-state index in [2.05, 4.69) is 5.32 Å². The lowest BCUT2D eigenvalue weighted by atomic mass is 10.1. The molecule has 0 bridgehead atoms. The molecule has 0 unspecified atom stereocenters. The lowest BCUT2D eigenvalue weighted by molar-refractivity contribution is 0.626. The fourth-order valence-electron chi connectivity index (χ4n) is 1.70. The minimum absolute atomic E-state index is 0.0823. The highest BCUT2D eigenvalue weighted by Gasteiger charge is 2.04. The van der Waals surface area contributed by atoms with Gasteiger partial charge in [-0.15, -0.1) is 0 Å². The zero-order valence-corrected chi connectivity index (χ0v) is 11.1. The van der Waals surface area contributed by atoms with Crippen LogP contribution in [0.4, 0.5) is 10.1 Å². The summed E-state index contributed by atoms with van der Waals surface area (Å²) >= 11 is 5.61. The first kappa shape index (κ1) is 13.9. The number of halogens is 2. The topological polar surface area (TPSA) is 59.6 Å². The molecule has 0 saturated carbocycles. The smallest absolute Gasteiger partial charge is 0.142 e. The molecule has 2 aromatic carbocycles. The summed E-state index contributed by atoms with van der Waals surface area (Å²) in [6.45, 7) is 0.394. The number of nitrogens with one attached hydrogen (secondary N) is 1. The third-order valence-corrected chi connectivity index (χ3v) is 3.05. The van der Waals surface area contributed by atoms with Gasteiger partial charge in [-0.05, 0) is 35.9 Å². The van der Waals surface area contributed by atoms with E-state index in [0.717, 1.165) is 5.56 Å². The summed E-state index contributed by atoms with van der Waals surface area (Å²) in [5.41, 5.74) is 2.06. The molecule has 0 heterocycles. The maximum atomic E-state index is 13.3. The van der Waals surface area contributed by atoms with Crippen molar-refractivity contribution in [3.05, 3.63) is 63.9 Å². The van der Waals surface area contributed by atoms with Crippen molar-refractivity contribution in [3.63, 3.8) is 0 Å². The number of hydrogen-bond donors (Lipinski definition) is 1. The molecule has 20 heavy (non-hydrogen) atoms. The quantitative estimate of drug-likeness (QED) is 0.932. The van der Waals surface area contributed by atoms with Crippen LogP contribution in [0.2, 0.25) is 5.02 Å². The Kier molecular flexibility index (Phi) is 4.20. The largest absolute Gasteiger partial charge is 0.381 e. The average molecular weight is 286 g/mol.